The van der Waals surface area contributed by atoms with Gasteiger partial charge in [-0.05, 0) is 39.5 Å². The van der Waals surface area contributed by atoms with Crippen LogP contribution in [0.5, 0.6) is 0 Å². The van der Waals surface area contributed by atoms with Gasteiger partial charge in [-0.1, -0.05) is 48.2 Å². The predicted octanol–water partition coefficient (Wildman–Crippen LogP) is 2.56. The van der Waals surface area contributed by atoms with E-state index in [2.05, 4.69) is 56.8 Å². The van der Waals surface area contributed by atoms with Gasteiger partial charge in [-0.3, -0.25) is 0 Å². The normalized spacial score (nSPS) is 11.2. The average molecular weight is 276 g/mol. The van der Waals surface area contributed by atoms with Crippen LogP contribution in [0.3, 0.4) is 0 Å². The van der Waals surface area contributed by atoms with Crippen LogP contribution in [0.1, 0.15) is 18.9 Å². The number of hydrogen-bond acceptors (Lipinski definition) is 2. The van der Waals surface area contributed by atoms with Gasteiger partial charge >= 0.3 is 0 Å². The molecule has 0 atom stereocenters. The highest BCUT2D eigenvalue weighted by atomic mass is 28.3. The van der Waals surface area contributed by atoms with E-state index in [1.807, 2.05) is 6.08 Å². The maximum Gasteiger partial charge on any atom is 0.117 e. The van der Waals surface area contributed by atoms with Crippen LogP contribution in [0.25, 0.3) is 6.08 Å². The van der Waals surface area contributed by atoms with Gasteiger partial charge in [0.25, 0.3) is 0 Å². The van der Waals surface area contributed by atoms with Crippen molar-refractivity contribution in [1.29, 1.82) is 0 Å². The molecular formula is C16H26NOSi. The molecule has 0 aliphatic carbocycles. The Hall–Kier alpha value is -0.903. The molecule has 0 bridgehead atoms. The van der Waals surface area contributed by atoms with Crippen molar-refractivity contribution in [2.45, 2.75) is 19.4 Å². The highest BCUT2D eigenvalue weighted by Crippen LogP contribution is 2.05. The second-order valence-electron chi connectivity index (χ2n) is 4.98. The van der Waals surface area contributed by atoms with Gasteiger partial charge < -0.3 is 9.64 Å². The lowest BCUT2D eigenvalue weighted by Gasteiger charge is -2.17. The molecule has 0 aromatic heterocycles. The minimum atomic E-state index is -0.609. The molecule has 1 aromatic carbocycles. The van der Waals surface area contributed by atoms with Crippen LogP contribution in [0.2, 0.25) is 6.04 Å². The topological polar surface area (TPSA) is 12.5 Å². The van der Waals surface area contributed by atoms with Gasteiger partial charge in [0.2, 0.25) is 0 Å². The molecule has 0 aliphatic rings. The summed E-state index contributed by atoms with van der Waals surface area (Å²) in [6.07, 6.45) is 4.07. The molecule has 0 unspecified atom stereocenters. The smallest absolute Gasteiger partial charge is 0.117 e. The molecule has 0 fully saturated rings. The summed E-state index contributed by atoms with van der Waals surface area (Å²) in [7, 11) is 3.66. The second-order valence-corrected chi connectivity index (χ2v) is 7.55. The number of ether oxygens (including phenoxy) is 1. The molecule has 105 valence electrons. The van der Waals surface area contributed by atoms with Crippen molar-refractivity contribution in [3.05, 3.63) is 36.4 Å². The fraction of sp³-hybridized carbons (Fsp3) is 0.500. The van der Waals surface area contributed by atoms with Gasteiger partial charge in [-0.2, -0.15) is 0 Å². The van der Waals surface area contributed by atoms with Gasteiger partial charge in [-0.25, -0.2) is 0 Å². The fourth-order valence-electron chi connectivity index (χ4n) is 2.02. The summed E-state index contributed by atoms with van der Waals surface area (Å²) in [5.41, 5.74) is 1.21. The zero-order valence-electron chi connectivity index (χ0n) is 12.5. The molecule has 0 saturated carbocycles. The van der Waals surface area contributed by atoms with E-state index in [1.54, 1.807) is 0 Å². The first-order valence-electron chi connectivity index (χ1n) is 6.97. The molecule has 0 aliphatic heterocycles. The summed E-state index contributed by atoms with van der Waals surface area (Å²) >= 11 is 0. The van der Waals surface area contributed by atoms with E-state index in [-0.39, 0.29) is 0 Å². The van der Waals surface area contributed by atoms with Crippen LogP contribution in [-0.4, -0.2) is 47.2 Å². The Kier molecular flexibility index (Phi) is 7.71. The third-order valence-corrected chi connectivity index (χ3v) is 5.73. The maximum absolute atomic E-state index is 5.69. The molecule has 0 saturated heterocycles. The quantitative estimate of drug-likeness (QED) is 0.643. The van der Waals surface area contributed by atoms with Gasteiger partial charge in [-0.15, -0.1) is 0 Å². The molecular weight excluding hydrogens is 250 g/mol. The highest BCUT2D eigenvalue weighted by molar-refractivity contribution is 6.73. The number of nitrogens with zero attached hydrogens (tertiary/aromatic N) is 1. The minimum Gasteiger partial charge on any atom is -0.385 e. The van der Waals surface area contributed by atoms with Crippen LogP contribution in [0.4, 0.5) is 0 Å². The zero-order chi connectivity index (χ0) is 14.1. The van der Waals surface area contributed by atoms with E-state index < -0.39 is 8.80 Å². The third-order valence-electron chi connectivity index (χ3n) is 3.09. The molecule has 1 rings (SSSR count). The maximum atomic E-state index is 5.69. The summed E-state index contributed by atoms with van der Waals surface area (Å²) in [4.78, 5) is 2.25. The third kappa shape index (κ3) is 6.19. The van der Waals surface area contributed by atoms with E-state index in [0.29, 0.717) is 0 Å². The van der Waals surface area contributed by atoms with Crippen LogP contribution in [0.15, 0.2) is 30.8 Å². The Labute approximate surface area is 119 Å². The lowest BCUT2D eigenvalue weighted by atomic mass is 10.2. The van der Waals surface area contributed by atoms with Crippen molar-refractivity contribution >= 4 is 20.1 Å². The SMILES string of the molecule is C=Cc1cccc([Si](CCCN(C)C)COCC)c1. The average Bonchev–Trinajstić information content (AvgIpc) is 2.42. The Balaban J connectivity index is 2.67. The summed E-state index contributed by atoms with van der Waals surface area (Å²) in [5, 5.41) is 1.47. The lowest BCUT2D eigenvalue weighted by molar-refractivity contribution is 0.191. The van der Waals surface area contributed by atoms with Gasteiger partial charge in [0.15, 0.2) is 0 Å². The van der Waals surface area contributed by atoms with Crippen LogP contribution in [-0.2, 0) is 4.74 Å². The van der Waals surface area contributed by atoms with Gasteiger partial charge in [0.1, 0.15) is 8.80 Å². The minimum absolute atomic E-state index is 0.609. The first-order chi connectivity index (χ1) is 9.17. The number of rotatable bonds is 9. The highest BCUT2D eigenvalue weighted by Gasteiger charge is 2.14. The van der Waals surface area contributed by atoms with E-state index in [4.69, 9.17) is 4.74 Å². The van der Waals surface area contributed by atoms with Crippen molar-refractivity contribution in [2.75, 3.05) is 33.5 Å². The Bertz CT molecular complexity index is 379. The summed E-state index contributed by atoms with van der Waals surface area (Å²) < 4.78 is 5.69. The van der Waals surface area contributed by atoms with Crippen molar-refractivity contribution in [2.24, 2.45) is 0 Å². The molecule has 19 heavy (non-hydrogen) atoms. The number of hydrogen-bond donors (Lipinski definition) is 0. The van der Waals surface area contributed by atoms with E-state index in [0.717, 1.165) is 19.4 Å². The van der Waals surface area contributed by atoms with E-state index in [1.165, 1.54) is 23.2 Å². The summed E-state index contributed by atoms with van der Waals surface area (Å²) in [6.45, 7) is 7.88. The van der Waals surface area contributed by atoms with Crippen LogP contribution >= 0.6 is 0 Å². The largest absolute Gasteiger partial charge is 0.385 e. The van der Waals surface area contributed by atoms with Crippen molar-refractivity contribution in [3.8, 4) is 0 Å². The molecule has 1 aromatic rings. The number of benzene rings is 1. The van der Waals surface area contributed by atoms with E-state index in [9.17, 15) is 0 Å². The first kappa shape index (κ1) is 16.2. The summed E-state index contributed by atoms with van der Waals surface area (Å²) in [6, 6.07) is 10.0. The fourth-order valence-corrected chi connectivity index (χ4v) is 4.36. The monoisotopic (exact) mass is 276 g/mol. The molecule has 2 nitrogen and oxygen atoms in total. The second kappa shape index (κ2) is 9.07. The molecule has 0 spiro atoms. The van der Waals surface area contributed by atoms with Gasteiger partial charge in [0, 0.05) is 12.8 Å². The molecule has 3 heteroatoms. The van der Waals surface area contributed by atoms with Crippen molar-refractivity contribution in [3.63, 3.8) is 0 Å². The molecule has 0 N–H and O–H groups in total. The van der Waals surface area contributed by atoms with E-state index >= 15 is 0 Å². The Morgan fingerprint density at radius 3 is 2.79 bits per heavy atom. The van der Waals surface area contributed by atoms with Crippen LogP contribution < -0.4 is 5.19 Å². The van der Waals surface area contributed by atoms with Crippen LogP contribution in [0, 0.1) is 0 Å². The Morgan fingerprint density at radius 1 is 1.37 bits per heavy atom. The predicted molar refractivity (Wildman–Crippen MR) is 86.4 cm³/mol. The van der Waals surface area contributed by atoms with Crippen molar-refractivity contribution < 1.29 is 4.74 Å². The zero-order valence-corrected chi connectivity index (χ0v) is 13.5. The molecule has 0 amide bonds. The Morgan fingerprint density at radius 2 is 2.16 bits per heavy atom. The standard InChI is InChI=1S/C16H26NOSi/c1-5-15-9-7-10-16(13-15)19(14-18-6-2)12-8-11-17(3)4/h5,7,9-10,13H,1,6,8,11-12,14H2,2-4H3. The van der Waals surface area contributed by atoms with Gasteiger partial charge in [0.05, 0.1) is 0 Å². The molecule has 0 heterocycles. The molecule has 1 radical (unpaired) electrons. The first-order valence-corrected chi connectivity index (χ1v) is 8.88. The van der Waals surface area contributed by atoms with Crippen molar-refractivity contribution in [1.82, 2.24) is 4.90 Å². The lowest BCUT2D eigenvalue weighted by Crippen LogP contribution is -2.36. The summed E-state index contributed by atoms with van der Waals surface area (Å²) in [5.74, 6) is 0.